The van der Waals surface area contributed by atoms with Crippen molar-refractivity contribution < 1.29 is 10.0 Å². The Bertz CT molecular complexity index is 411. The van der Waals surface area contributed by atoms with E-state index in [1.54, 1.807) is 12.1 Å². The molecule has 0 heterocycles. The maximum atomic E-state index is 10.5. The largest absolute Gasteiger partial charge is 0.393 e. The first-order valence-corrected chi connectivity index (χ1v) is 5.35. The second-order valence-corrected chi connectivity index (χ2v) is 4.97. The fourth-order valence-electron chi connectivity index (χ4n) is 2.30. The maximum Gasteiger partial charge on any atom is 0.269 e. The molecule has 0 unspecified atom stereocenters. The SMILES string of the molecule is CC1(C)[C@H](O)C[C@@H]1c1ccc([N+](=O)[O-])cc1. The number of nitro groups is 1. The lowest BCUT2D eigenvalue weighted by atomic mass is 9.58. The van der Waals surface area contributed by atoms with Gasteiger partial charge < -0.3 is 5.11 Å². The molecule has 0 radical (unpaired) electrons. The minimum Gasteiger partial charge on any atom is -0.393 e. The number of nitro benzene ring substituents is 1. The van der Waals surface area contributed by atoms with Crippen LogP contribution in [0.4, 0.5) is 5.69 Å². The number of benzene rings is 1. The van der Waals surface area contributed by atoms with E-state index in [0.29, 0.717) is 5.92 Å². The normalized spacial score (nSPS) is 27.2. The number of rotatable bonds is 2. The molecule has 2 rings (SSSR count). The van der Waals surface area contributed by atoms with E-state index in [1.165, 1.54) is 12.1 Å². The van der Waals surface area contributed by atoms with Gasteiger partial charge in [-0.05, 0) is 23.3 Å². The Labute approximate surface area is 94.1 Å². The predicted molar refractivity (Wildman–Crippen MR) is 60.2 cm³/mol. The summed E-state index contributed by atoms with van der Waals surface area (Å²) in [6, 6.07) is 6.62. The second-order valence-electron chi connectivity index (χ2n) is 4.97. The van der Waals surface area contributed by atoms with Crippen molar-refractivity contribution >= 4 is 5.69 Å². The summed E-state index contributed by atoms with van der Waals surface area (Å²) >= 11 is 0. The predicted octanol–water partition coefficient (Wildman–Crippen LogP) is 2.47. The fourth-order valence-corrected chi connectivity index (χ4v) is 2.30. The molecule has 0 spiro atoms. The summed E-state index contributed by atoms with van der Waals surface area (Å²) < 4.78 is 0. The van der Waals surface area contributed by atoms with Crippen molar-refractivity contribution in [1.82, 2.24) is 0 Å². The Balaban J connectivity index is 2.21. The van der Waals surface area contributed by atoms with Crippen LogP contribution in [0.1, 0.15) is 31.7 Å². The molecule has 1 fully saturated rings. The van der Waals surface area contributed by atoms with Crippen LogP contribution in [0.5, 0.6) is 0 Å². The Morgan fingerprint density at radius 1 is 1.38 bits per heavy atom. The van der Waals surface area contributed by atoms with Gasteiger partial charge >= 0.3 is 0 Å². The van der Waals surface area contributed by atoms with Crippen molar-refractivity contribution in [2.45, 2.75) is 32.3 Å². The van der Waals surface area contributed by atoms with Crippen molar-refractivity contribution in [2.75, 3.05) is 0 Å². The van der Waals surface area contributed by atoms with Gasteiger partial charge in [0.25, 0.3) is 5.69 Å². The third kappa shape index (κ3) is 1.59. The first-order valence-electron chi connectivity index (χ1n) is 5.35. The number of hydrogen-bond acceptors (Lipinski definition) is 3. The molecule has 0 bridgehead atoms. The van der Waals surface area contributed by atoms with Gasteiger partial charge in [0.1, 0.15) is 0 Å². The highest BCUT2D eigenvalue weighted by Gasteiger charge is 2.47. The van der Waals surface area contributed by atoms with Gasteiger partial charge in [-0.2, -0.15) is 0 Å². The fraction of sp³-hybridized carbons (Fsp3) is 0.500. The molecule has 2 atom stereocenters. The van der Waals surface area contributed by atoms with E-state index in [1.807, 2.05) is 13.8 Å². The topological polar surface area (TPSA) is 63.4 Å². The highest BCUT2D eigenvalue weighted by atomic mass is 16.6. The lowest BCUT2D eigenvalue weighted by Crippen LogP contribution is -2.47. The first kappa shape index (κ1) is 11.1. The highest BCUT2D eigenvalue weighted by molar-refractivity contribution is 5.36. The molecule has 1 saturated carbocycles. The number of hydrogen-bond donors (Lipinski definition) is 1. The lowest BCUT2D eigenvalue weighted by molar-refractivity contribution is -0.384. The quantitative estimate of drug-likeness (QED) is 0.616. The van der Waals surface area contributed by atoms with Gasteiger partial charge in [0.05, 0.1) is 11.0 Å². The number of aliphatic hydroxyl groups excluding tert-OH is 1. The van der Waals surface area contributed by atoms with E-state index in [2.05, 4.69) is 0 Å². The minimum absolute atomic E-state index is 0.112. The molecule has 1 aromatic rings. The maximum absolute atomic E-state index is 10.5. The summed E-state index contributed by atoms with van der Waals surface area (Å²) in [5, 5.41) is 20.2. The van der Waals surface area contributed by atoms with Crippen molar-refractivity contribution in [3.63, 3.8) is 0 Å². The van der Waals surface area contributed by atoms with E-state index in [9.17, 15) is 15.2 Å². The van der Waals surface area contributed by atoms with Crippen LogP contribution in [0.3, 0.4) is 0 Å². The van der Waals surface area contributed by atoms with Gasteiger partial charge in [-0.3, -0.25) is 10.1 Å². The van der Waals surface area contributed by atoms with E-state index in [-0.39, 0.29) is 17.2 Å². The standard InChI is InChI=1S/C12H15NO3/c1-12(2)10(7-11(12)14)8-3-5-9(6-4-8)13(15)16/h3-6,10-11,14H,7H2,1-2H3/t10-,11-/m1/s1. The average Bonchev–Trinajstić information content (AvgIpc) is 2.26. The Morgan fingerprint density at radius 3 is 2.31 bits per heavy atom. The molecule has 16 heavy (non-hydrogen) atoms. The molecule has 0 aliphatic heterocycles. The molecule has 0 amide bonds. The molecule has 0 aromatic heterocycles. The lowest BCUT2D eigenvalue weighted by Gasteiger charge is -2.49. The summed E-state index contributed by atoms with van der Waals surface area (Å²) in [5.74, 6) is 0.295. The summed E-state index contributed by atoms with van der Waals surface area (Å²) in [4.78, 5) is 10.1. The van der Waals surface area contributed by atoms with Crippen LogP contribution in [0.2, 0.25) is 0 Å². The van der Waals surface area contributed by atoms with Crippen molar-refractivity contribution in [3.05, 3.63) is 39.9 Å². The minimum atomic E-state index is -0.398. The summed E-state index contributed by atoms with van der Waals surface area (Å²) in [6.07, 6.45) is 0.470. The van der Waals surface area contributed by atoms with Crippen molar-refractivity contribution in [1.29, 1.82) is 0 Å². The number of nitrogens with zero attached hydrogens (tertiary/aromatic N) is 1. The highest BCUT2D eigenvalue weighted by Crippen LogP contribution is 2.52. The van der Waals surface area contributed by atoms with E-state index in [4.69, 9.17) is 0 Å². The molecule has 1 aromatic carbocycles. The third-order valence-corrected chi connectivity index (χ3v) is 3.72. The van der Waals surface area contributed by atoms with E-state index in [0.717, 1.165) is 12.0 Å². The summed E-state index contributed by atoms with van der Waals surface area (Å²) in [5.41, 5.74) is 1.05. The third-order valence-electron chi connectivity index (χ3n) is 3.72. The van der Waals surface area contributed by atoms with Gasteiger partial charge in [0, 0.05) is 12.1 Å². The van der Waals surface area contributed by atoms with Crippen LogP contribution < -0.4 is 0 Å². The number of non-ortho nitro benzene ring substituents is 1. The zero-order valence-electron chi connectivity index (χ0n) is 9.38. The molecule has 86 valence electrons. The summed E-state index contributed by atoms with van der Waals surface area (Å²) in [6.45, 7) is 4.04. The van der Waals surface area contributed by atoms with Crippen LogP contribution in [0, 0.1) is 15.5 Å². The Kier molecular flexibility index (Phi) is 2.46. The van der Waals surface area contributed by atoms with E-state index >= 15 is 0 Å². The molecular formula is C12H15NO3. The van der Waals surface area contributed by atoms with Crippen LogP contribution in [0.15, 0.2) is 24.3 Å². The number of aliphatic hydroxyl groups is 1. The first-order chi connectivity index (χ1) is 7.43. The summed E-state index contributed by atoms with van der Waals surface area (Å²) in [7, 11) is 0. The molecule has 0 saturated heterocycles. The van der Waals surface area contributed by atoms with Gasteiger partial charge in [0.2, 0.25) is 0 Å². The zero-order valence-corrected chi connectivity index (χ0v) is 9.38. The monoisotopic (exact) mass is 221 g/mol. The molecule has 4 heteroatoms. The van der Waals surface area contributed by atoms with Gasteiger partial charge in [0.15, 0.2) is 0 Å². The molecular weight excluding hydrogens is 206 g/mol. The Hall–Kier alpha value is -1.42. The van der Waals surface area contributed by atoms with Crippen LogP contribution >= 0.6 is 0 Å². The van der Waals surface area contributed by atoms with Crippen LogP contribution in [-0.2, 0) is 0 Å². The van der Waals surface area contributed by atoms with Crippen LogP contribution in [-0.4, -0.2) is 16.1 Å². The van der Waals surface area contributed by atoms with Crippen molar-refractivity contribution in [3.8, 4) is 0 Å². The molecule has 1 aliphatic rings. The van der Waals surface area contributed by atoms with Crippen LogP contribution in [0.25, 0.3) is 0 Å². The molecule has 1 aliphatic carbocycles. The van der Waals surface area contributed by atoms with Gasteiger partial charge in [-0.1, -0.05) is 26.0 Å². The second kappa shape index (κ2) is 3.56. The van der Waals surface area contributed by atoms with Gasteiger partial charge in [-0.15, -0.1) is 0 Å². The van der Waals surface area contributed by atoms with Gasteiger partial charge in [-0.25, -0.2) is 0 Å². The van der Waals surface area contributed by atoms with Crippen molar-refractivity contribution in [2.24, 2.45) is 5.41 Å². The zero-order chi connectivity index (χ0) is 11.9. The van der Waals surface area contributed by atoms with E-state index < -0.39 is 4.92 Å². The smallest absolute Gasteiger partial charge is 0.269 e. The Morgan fingerprint density at radius 2 is 1.94 bits per heavy atom. The molecule has 1 N–H and O–H groups in total. The molecule has 4 nitrogen and oxygen atoms in total. The average molecular weight is 221 g/mol.